The molecule has 4 atom stereocenters. The first kappa shape index (κ1) is 28.5. The maximum Gasteiger partial charge on any atom is 0.230 e. The van der Waals surface area contributed by atoms with Crippen LogP contribution in [0.2, 0.25) is 0 Å². The van der Waals surface area contributed by atoms with Gasteiger partial charge in [-0.25, -0.2) is 0 Å². The van der Waals surface area contributed by atoms with E-state index in [4.69, 9.17) is 36.5 Å². The van der Waals surface area contributed by atoms with Crippen LogP contribution in [0.4, 0.5) is 10.9 Å². The van der Waals surface area contributed by atoms with Gasteiger partial charge in [-0.15, -0.1) is 11.3 Å². The third-order valence-electron chi connectivity index (χ3n) is 7.53. The maximum atomic E-state index is 12.8. The van der Waals surface area contributed by atoms with Crippen molar-refractivity contribution < 1.29 is 18.4 Å². The van der Waals surface area contributed by atoms with E-state index in [-0.39, 0.29) is 23.1 Å². The Bertz CT molecular complexity index is 1350. The third-order valence-corrected chi connectivity index (χ3v) is 8.58. The number of carbonyl (C=O) groups excluding carboxylic acids is 1. The molecule has 2 aliphatic rings. The molecule has 0 spiro atoms. The highest BCUT2D eigenvalue weighted by Gasteiger charge is 2.31. The number of amides is 1. The van der Waals surface area contributed by atoms with Crippen LogP contribution in [0.5, 0.6) is 0 Å². The number of hydrogen-bond acceptors (Lipinski definition) is 13. The number of hydrogen-bond donors (Lipinski definition) is 7. The highest BCUT2D eigenvalue weighted by Crippen LogP contribution is 2.38. The fourth-order valence-electron chi connectivity index (χ4n) is 5.31. The number of nitrogens with zero attached hydrogens (tertiary/aromatic N) is 1. The molecule has 1 aliphatic heterocycles. The molecule has 4 heterocycles. The molecule has 1 aliphatic carbocycles. The number of carbonyl (C=O) groups is 1. The third kappa shape index (κ3) is 6.33. The average Bonchev–Trinajstić information content (AvgIpc) is 3.57. The number of primary amides is 1. The standard InChI is InChI=1S/C26H38N8O5S/c27-15-3-1-2-4-16(15)31-13-32-26(21(24(28)29)25(30)36)33-19-6-5-18(40-19)14-12-38-23-17(35)11-20(39-22(14)23)34-7-9-37-10-8-34/h5-6,11-12,15-16,21,24,26,31-33H,1-4,7-10,13,27-29H2,(H2,30,36)/t15-,16+,21?,26?/m1/s1. The Morgan fingerprint density at radius 3 is 2.65 bits per heavy atom. The van der Waals surface area contributed by atoms with Crippen LogP contribution in [0, 0.1) is 5.92 Å². The van der Waals surface area contributed by atoms with Crippen molar-refractivity contribution in [2.24, 2.45) is 28.9 Å². The first-order valence-corrected chi connectivity index (χ1v) is 14.4. The number of thiophene rings is 1. The zero-order valence-corrected chi connectivity index (χ0v) is 23.1. The van der Waals surface area contributed by atoms with Crippen molar-refractivity contribution in [1.29, 1.82) is 0 Å². The minimum atomic E-state index is -0.982. The zero-order valence-electron chi connectivity index (χ0n) is 22.3. The fraction of sp³-hybridized carbons (Fsp3) is 0.538. The van der Waals surface area contributed by atoms with Crippen LogP contribution in [-0.2, 0) is 9.53 Å². The number of furan rings is 1. The van der Waals surface area contributed by atoms with Crippen molar-refractivity contribution >= 4 is 39.3 Å². The molecule has 0 aromatic carbocycles. The molecule has 11 N–H and O–H groups in total. The van der Waals surface area contributed by atoms with E-state index in [0.717, 1.165) is 35.6 Å². The van der Waals surface area contributed by atoms with Gasteiger partial charge in [0.1, 0.15) is 6.26 Å². The largest absolute Gasteiger partial charge is 0.456 e. The molecule has 1 saturated heterocycles. The normalized spacial score (nSPS) is 21.6. The molecule has 40 heavy (non-hydrogen) atoms. The second-order valence-corrected chi connectivity index (χ2v) is 11.4. The Hall–Kier alpha value is -2.98. The number of morpholine rings is 1. The Balaban J connectivity index is 1.35. The Labute approximate surface area is 235 Å². The van der Waals surface area contributed by atoms with Crippen molar-refractivity contribution in [1.82, 2.24) is 10.6 Å². The number of ether oxygens (including phenoxy) is 1. The van der Waals surface area contributed by atoms with Crippen molar-refractivity contribution in [2.45, 2.75) is 50.1 Å². The molecule has 3 aromatic rings. The lowest BCUT2D eigenvalue weighted by Crippen LogP contribution is -2.60. The molecule has 2 unspecified atom stereocenters. The first-order valence-electron chi connectivity index (χ1n) is 13.6. The van der Waals surface area contributed by atoms with E-state index in [1.807, 2.05) is 17.0 Å². The summed E-state index contributed by atoms with van der Waals surface area (Å²) >= 11 is 1.40. The van der Waals surface area contributed by atoms with Gasteiger partial charge in [0.15, 0.2) is 11.5 Å². The molecule has 14 heteroatoms. The van der Waals surface area contributed by atoms with Gasteiger partial charge in [-0.05, 0) is 25.0 Å². The van der Waals surface area contributed by atoms with Crippen molar-refractivity contribution in [2.75, 3.05) is 43.2 Å². The zero-order chi connectivity index (χ0) is 28.2. The Kier molecular flexibility index (Phi) is 9.05. The lowest BCUT2D eigenvalue weighted by atomic mass is 9.91. The molecule has 0 radical (unpaired) electrons. The molecule has 3 aromatic heterocycles. The van der Waals surface area contributed by atoms with Crippen LogP contribution < -0.4 is 49.2 Å². The minimum Gasteiger partial charge on any atom is -0.456 e. The summed E-state index contributed by atoms with van der Waals surface area (Å²) in [4.78, 5) is 27.9. The average molecular weight is 575 g/mol. The monoisotopic (exact) mass is 574 g/mol. The molecule has 1 amide bonds. The molecule has 2 fully saturated rings. The van der Waals surface area contributed by atoms with Gasteiger partial charge >= 0.3 is 0 Å². The molecule has 13 nitrogen and oxygen atoms in total. The van der Waals surface area contributed by atoms with Crippen molar-refractivity contribution in [3.05, 3.63) is 34.7 Å². The molecule has 218 valence electrons. The van der Waals surface area contributed by atoms with Crippen LogP contribution in [0.15, 0.2) is 38.1 Å². The van der Waals surface area contributed by atoms with Gasteiger partial charge in [-0.3, -0.25) is 14.9 Å². The van der Waals surface area contributed by atoms with Gasteiger partial charge in [-0.1, -0.05) is 12.8 Å². The summed E-state index contributed by atoms with van der Waals surface area (Å²) in [6, 6.07) is 5.46. The van der Waals surface area contributed by atoms with Crippen molar-refractivity contribution in [3.63, 3.8) is 0 Å². The summed E-state index contributed by atoms with van der Waals surface area (Å²) in [5.74, 6) is -1.03. The van der Waals surface area contributed by atoms with Crippen molar-refractivity contribution in [3.8, 4) is 10.4 Å². The molecule has 5 rings (SSSR count). The van der Waals surface area contributed by atoms with E-state index in [2.05, 4.69) is 16.0 Å². The van der Waals surface area contributed by atoms with Crippen LogP contribution in [0.1, 0.15) is 25.7 Å². The fourth-order valence-corrected chi connectivity index (χ4v) is 6.26. The Morgan fingerprint density at radius 2 is 1.93 bits per heavy atom. The lowest BCUT2D eigenvalue weighted by molar-refractivity contribution is -0.123. The summed E-state index contributed by atoms with van der Waals surface area (Å²) in [5, 5.41) is 10.8. The van der Waals surface area contributed by atoms with Crippen LogP contribution in [0.3, 0.4) is 0 Å². The van der Waals surface area contributed by atoms with Gasteiger partial charge in [0.25, 0.3) is 0 Å². The topological polar surface area (TPSA) is 213 Å². The van der Waals surface area contributed by atoms with Gasteiger partial charge in [0, 0.05) is 36.7 Å². The van der Waals surface area contributed by atoms with E-state index >= 15 is 0 Å². The van der Waals surface area contributed by atoms with Gasteiger partial charge < -0.3 is 52.0 Å². The molecular formula is C26H38N8O5S. The maximum absolute atomic E-state index is 12.8. The first-order chi connectivity index (χ1) is 19.3. The van der Waals surface area contributed by atoms with E-state index in [9.17, 15) is 9.59 Å². The quantitative estimate of drug-likeness (QED) is 0.155. The van der Waals surface area contributed by atoms with E-state index in [0.29, 0.717) is 50.0 Å². The summed E-state index contributed by atoms with van der Waals surface area (Å²) in [6.07, 6.45) is 4.11. The molecular weight excluding hydrogens is 536 g/mol. The van der Waals surface area contributed by atoms with Gasteiger partial charge in [-0.2, -0.15) is 0 Å². The summed E-state index contributed by atoms with van der Waals surface area (Å²) in [6.45, 7) is 2.78. The molecule has 1 saturated carbocycles. The van der Waals surface area contributed by atoms with Crippen LogP contribution in [-0.4, -0.2) is 63.3 Å². The number of rotatable bonds is 11. The van der Waals surface area contributed by atoms with E-state index in [1.165, 1.54) is 23.7 Å². The number of fused-ring (bicyclic) bond motifs is 1. The summed E-state index contributed by atoms with van der Waals surface area (Å²) in [5.41, 5.74) is 24.8. The second kappa shape index (κ2) is 12.7. The lowest BCUT2D eigenvalue weighted by Gasteiger charge is -2.33. The predicted molar refractivity (Wildman–Crippen MR) is 155 cm³/mol. The predicted octanol–water partition coefficient (Wildman–Crippen LogP) is 0.441. The smallest absolute Gasteiger partial charge is 0.230 e. The summed E-state index contributed by atoms with van der Waals surface area (Å²) in [7, 11) is 0. The van der Waals surface area contributed by atoms with Gasteiger partial charge in [0.2, 0.25) is 16.9 Å². The molecule has 0 bridgehead atoms. The van der Waals surface area contributed by atoms with Crippen LogP contribution >= 0.6 is 11.3 Å². The van der Waals surface area contributed by atoms with Gasteiger partial charge in [0.05, 0.1) is 48.1 Å². The van der Waals surface area contributed by atoms with E-state index < -0.39 is 24.2 Å². The minimum absolute atomic E-state index is 0.0825. The second-order valence-electron chi connectivity index (χ2n) is 10.3. The van der Waals surface area contributed by atoms with Crippen LogP contribution in [0.25, 0.3) is 21.6 Å². The summed E-state index contributed by atoms with van der Waals surface area (Å²) < 4.78 is 17.2. The number of nitrogens with one attached hydrogen (secondary N) is 3. The number of nitrogens with two attached hydrogens (primary N) is 4. The highest BCUT2D eigenvalue weighted by molar-refractivity contribution is 7.19. The number of anilines is 2. The Morgan fingerprint density at radius 1 is 1.15 bits per heavy atom. The van der Waals surface area contributed by atoms with E-state index in [1.54, 1.807) is 0 Å². The SMILES string of the molecule is NC(=O)C(C(N)N)C(NCN[C@H]1CCCC[C@H]1N)Nc1ccc(-c2coc3c(=O)cc(N4CCOCC4)oc23)s1. The highest BCUT2D eigenvalue weighted by atomic mass is 32.1.